The van der Waals surface area contributed by atoms with Gasteiger partial charge in [-0.15, -0.1) is 0 Å². The number of hydrogen-bond acceptors (Lipinski definition) is 3. The number of aryl methyl sites for hydroxylation is 1. The summed E-state index contributed by atoms with van der Waals surface area (Å²) in [6.07, 6.45) is 2.38. The number of nitrogens with one attached hydrogen (secondary N) is 2. The Morgan fingerprint density at radius 1 is 1.46 bits per heavy atom. The molecule has 0 radical (unpaired) electrons. The molecule has 1 aliphatic rings. The quantitative estimate of drug-likeness (QED) is 0.753. The molecule has 1 unspecified atom stereocenters. The lowest BCUT2D eigenvalue weighted by Gasteiger charge is -2.14. The lowest BCUT2D eigenvalue weighted by molar-refractivity contribution is 0.114. The first kappa shape index (κ1) is 19.1. The molecule has 2 N–H and O–H groups in total. The van der Waals surface area contributed by atoms with E-state index in [0.29, 0.717) is 23.2 Å². The summed E-state index contributed by atoms with van der Waals surface area (Å²) < 4.78 is 20.6. The summed E-state index contributed by atoms with van der Waals surface area (Å²) >= 11 is 11.5. The fraction of sp³-hybridized carbons (Fsp3) is 0.444. The van der Waals surface area contributed by atoms with Crippen molar-refractivity contribution in [1.82, 2.24) is 15.1 Å². The number of thiocarbonyl (C=S) groups is 1. The van der Waals surface area contributed by atoms with Crippen LogP contribution < -0.4 is 10.6 Å². The highest BCUT2D eigenvalue weighted by Gasteiger charge is 2.17. The molecule has 1 aromatic carbocycles. The number of aromatic nitrogens is 2. The van der Waals surface area contributed by atoms with Gasteiger partial charge in [-0.2, -0.15) is 5.10 Å². The van der Waals surface area contributed by atoms with E-state index in [9.17, 15) is 4.39 Å². The standard InChI is InChI=1S/C18H22ClFN4OS/c1-11-17(22-18(26)21-9-15-4-3-7-25-15)12(2)24(23-11)10-13-5-6-14(20)8-16(13)19/h5-6,8,15H,3-4,7,9-10H2,1-2H3,(H2,21,22,26). The van der Waals surface area contributed by atoms with Gasteiger partial charge in [-0.25, -0.2) is 4.39 Å². The maximum atomic E-state index is 13.2. The summed E-state index contributed by atoms with van der Waals surface area (Å²) in [4.78, 5) is 0. The van der Waals surface area contributed by atoms with Crippen LogP contribution in [0.15, 0.2) is 18.2 Å². The van der Waals surface area contributed by atoms with E-state index >= 15 is 0 Å². The molecule has 3 rings (SSSR count). The maximum absolute atomic E-state index is 13.2. The van der Waals surface area contributed by atoms with Crippen molar-refractivity contribution < 1.29 is 9.13 Å². The van der Waals surface area contributed by atoms with Crippen molar-refractivity contribution in [1.29, 1.82) is 0 Å². The van der Waals surface area contributed by atoms with Gasteiger partial charge in [-0.1, -0.05) is 17.7 Å². The lowest BCUT2D eigenvalue weighted by atomic mass is 10.2. The molecule has 2 aromatic rings. The van der Waals surface area contributed by atoms with Crippen LogP contribution in [-0.4, -0.2) is 34.1 Å². The minimum Gasteiger partial charge on any atom is -0.376 e. The highest BCUT2D eigenvalue weighted by atomic mass is 35.5. The fourth-order valence-corrected chi connectivity index (χ4v) is 3.42. The third kappa shape index (κ3) is 4.52. The topological polar surface area (TPSA) is 51.1 Å². The van der Waals surface area contributed by atoms with Crippen LogP contribution in [0.1, 0.15) is 29.8 Å². The minimum atomic E-state index is -0.350. The van der Waals surface area contributed by atoms with Crippen LogP contribution in [0.2, 0.25) is 5.02 Å². The average molecular weight is 397 g/mol. The largest absolute Gasteiger partial charge is 0.376 e. The summed E-state index contributed by atoms with van der Waals surface area (Å²) in [5.74, 6) is -0.350. The van der Waals surface area contributed by atoms with Gasteiger partial charge in [0.25, 0.3) is 0 Å². The molecule has 0 amide bonds. The second kappa shape index (κ2) is 8.33. The van der Waals surface area contributed by atoms with E-state index in [0.717, 1.165) is 42.1 Å². The molecule has 140 valence electrons. The van der Waals surface area contributed by atoms with Crippen molar-refractivity contribution in [2.24, 2.45) is 0 Å². The SMILES string of the molecule is Cc1nn(Cc2ccc(F)cc2Cl)c(C)c1NC(=S)NCC1CCCO1. The minimum absolute atomic E-state index is 0.222. The second-order valence-electron chi connectivity index (χ2n) is 6.41. The van der Waals surface area contributed by atoms with Crippen LogP contribution in [0, 0.1) is 19.7 Å². The van der Waals surface area contributed by atoms with Crippen molar-refractivity contribution in [3.63, 3.8) is 0 Å². The Balaban J connectivity index is 1.66. The van der Waals surface area contributed by atoms with Crippen molar-refractivity contribution in [3.05, 3.63) is 46.0 Å². The first-order valence-corrected chi connectivity index (χ1v) is 9.37. The molecule has 8 heteroatoms. The van der Waals surface area contributed by atoms with Gasteiger partial charge in [-0.05, 0) is 56.6 Å². The average Bonchev–Trinajstić information content (AvgIpc) is 3.20. The third-order valence-electron chi connectivity index (χ3n) is 4.47. The molecule has 0 aliphatic carbocycles. The van der Waals surface area contributed by atoms with Gasteiger partial charge in [0.05, 0.1) is 29.7 Å². The van der Waals surface area contributed by atoms with Crippen molar-refractivity contribution in [2.45, 2.75) is 39.3 Å². The highest BCUT2D eigenvalue weighted by molar-refractivity contribution is 7.80. The highest BCUT2D eigenvalue weighted by Crippen LogP contribution is 2.23. The van der Waals surface area contributed by atoms with Crippen molar-refractivity contribution in [3.8, 4) is 0 Å². The first-order valence-electron chi connectivity index (χ1n) is 8.58. The molecular weight excluding hydrogens is 375 g/mol. The molecule has 0 saturated carbocycles. The Bertz CT molecular complexity index is 805. The Labute approximate surface area is 162 Å². The molecule has 0 bridgehead atoms. The molecule has 2 heterocycles. The molecule has 5 nitrogen and oxygen atoms in total. The molecular formula is C18H22ClFN4OS. The van der Waals surface area contributed by atoms with Crippen molar-refractivity contribution in [2.75, 3.05) is 18.5 Å². The van der Waals surface area contributed by atoms with Crippen LogP contribution in [0.5, 0.6) is 0 Å². The van der Waals surface area contributed by atoms with E-state index in [2.05, 4.69) is 15.7 Å². The van der Waals surface area contributed by atoms with E-state index in [1.165, 1.54) is 12.1 Å². The zero-order valence-corrected chi connectivity index (χ0v) is 16.4. The molecule has 1 atom stereocenters. The number of halogens is 2. The van der Waals surface area contributed by atoms with E-state index in [1.807, 2.05) is 18.5 Å². The predicted octanol–water partition coefficient (Wildman–Crippen LogP) is 3.81. The molecule has 1 fully saturated rings. The molecule has 0 spiro atoms. The number of ether oxygens (including phenoxy) is 1. The number of anilines is 1. The Morgan fingerprint density at radius 2 is 2.27 bits per heavy atom. The van der Waals surface area contributed by atoms with Gasteiger partial charge in [0.15, 0.2) is 5.11 Å². The Hall–Kier alpha value is -1.70. The Kier molecular flexibility index (Phi) is 6.11. The first-order chi connectivity index (χ1) is 12.4. The Morgan fingerprint density at radius 3 is 2.96 bits per heavy atom. The number of nitrogens with zero attached hydrogens (tertiary/aromatic N) is 2. The van der Waals surface area contributed by atoms with E-state index < -0.39 is 0 Å². The molecule has 1 saturated heterocycles. The van der Waals surface area contributed by atoms with Crippen LogP contribution in [0.3, 0.4) is 0 Å². The van der Waals surface area contributed by atoms with Gasteiger partial charge >= 0.3 is 0 Å². The summed E-state index contributed by atoms with van der Waals surface area (Å²) in [5, 5.41) is 11.9. The summed E-state index contributed by atoms with van der Waals surface area (Å²) in [6.45, 7) is 5.86. The zero-order chi connectivity index (χ0) is 18.7. The van der Waals surface area contributed by atoms with E-state index in [-0.39, 0.29) is 11.9 Å². The van der Waals surface area contributed by atoms with Gasteiger partial charge < -0.3 is 15.4 Å². The number of benzene rings is 1. The summed E-state index contributed by atoms with van der Waals surface area (Å²) in [7, 11) is 0. The third-order valence-corrected chi connectivity index (χ3v) is 5.07. The second-order valence-corrected chi connectivity index (χ2v) is 7.22. The van der Waals surface area contributed by atoms with E-state index in [1.54, 1.807) is 6.07 Å². The van der Waals surface area contributed by atoms with Crippen molar-refractivity contribution >= 4 is 34.6 Å². The van der Waals surface area contributed by atoms with Crippen LogP contribution >= 0.6 is 23.8 Å². The monoisotopic (exact) mass is 396 g/mol. The van der Waals surface area contributed by atoms with Gasteiger partial charge in [-0.3, -0.25) is 4.68 Å². The van der Waals surface area contributed by atoms with Gasteiger partial charge in [0.2, 0.25) is 0 Å². The zero-order valence-electron chi connectivity index (χ0n) is 14.8. The fourth-order valence-electron chi connectivity index (χ4n) is 3.01. The smallest absolute Gasteiger partial charge is 0.170 e. The predicted molar refractivity (Wildman–Crippen MR) is 105 cm³/mol. The van der Waals surface area contributed by atoms with Crippen LogP contribution in [0.4, 0.5) is 10.1 Å². The van der Waals surface area contributed by atoms with Crippen LogP contribution in [-0.2, 0) is 11.3 Å². The summed E-state index contributed by atoms with van der Waals surface area (Å²) in [6, 6.07) is 4.39. The molecule has 26 heavy (non-hydrogen) atoms. The number of rotatable bonds is 5. The lowest BCUT2D eigenvalue weighted by Crippen LogP contribution is -2.35. The van der Waals surface area contributed by atoms with Gasteiger partial charge in [0.1, 0.15) is 5.82 Å². The van der Waals surface area contributed by atoms with E-state index in [4.69, 9.17) is 28.6 Å². The maximum Gasteiger partial charge on any atom is 0.170 e. The normalized spacial score (nSPS) is 16.7. The molecule has 1 aromatic heterocycles. The van der Waals surface area contributed by atoms with Crippen LogP contribution in [0.25, 0.3) is 0 Å². The number of hydrogen-bond donors (Lipinski definition) is 2. The molecule has 1 aliphatic heterocycles. The summed E-state index contributed by atoms with van der Waals surface area (Å²) in [5.41, 5.74) is 3.45. The van der Waals surface area contributed by atoms with Gasteiger partial charge in [0, 0.05) is 18.2 Å².